The monoisotopic (exact) mass is 215 g/mol. The predicted molar refractivity (Wildman–Crippen MR) is 57.7 cm³/mol. The predicted octanol–water partition coefficient (Wildman–Crippen LogP) is 1.10. The van der Waals surface area contributed by atoms with Gasteiger partial charge in [0, 0.05) is 19.1 Å². The Morgan fingerprint density at radius 2 is 2.33 bits per heavy atom. The van der Waals surface area contributed by atoms with Crippen molar-refractivity contribution in [2.24, 2.45) is 0 Å². The zero-order chi connectivity index (χ0) is 10.9. The smallest absolute Gasteiger partial charge is 0.305 e. The van der Waals surface area contributed by atoms with Gasteiger partial charge in [-0.1, -0.05) is 6.42 Å². The summed E-state index contributed by atoms with van der Waals surface area (Å²) in [5.74, 6) is -0.158. The van der Waals surface area contributed by atoms with E-state index in [2.05, 4.69) is 10.1 Å². The number of hydrogen-bond donors (Lipinski definition) is 1. The second-order valence-corrected chi connectivity index (χ2v) is 3.90. The van der Waals surface area contributed by atoms with Gasteiger partial charge in [0.05, 0.1) is 13.7 Å². The fourth-order valence-electron chi connectivity index (χ4n) is 1.71. The number of piperidine rings is 1. The van der Waals surface area contributed by atoms with Crippen molar-refractivity contribution in [2.75, 3.05) is 26.9 Å². The van der Waals surface area contributed by atoms with Crippen LogP contribution in [-0.2, 0) is 14.3 Å². The molecule has 1 aliphatic rings. The molecule has 0 aromatic heterocycles. The molecule has 0 aromatic rings. The van der Waals surface area contributed by atoms with Gasteiger partial charge in [-0.15, -0.1) is 0 Å². The molecule has 0 saturated carbocycles. The number of hydrogen-bond acceptors (Lipinski definition) is 4. The number of carbonyl (C=O) groups excluding carboxylic acids is 1. The molecule has 15 heavy (non-hydrogen) atoms. The molecule has 0 radical (unpaired) electrons. The highest BCUT2D eigenvalue weighted by atomic mass is 16.5. The third kappa shape index (κ3) is 5.74. The molecule has 1 N–H and O–H groups in total. The van der Waals surface area contributed by atoms with Crippen LogP contribution in [-0.4, -0.2) is 38.9 Å². The van der Waals surface area contributed by atoms with Gasteiger partial charge in [-0.05, 0) is 25.8 Å². The molecule has 1 fully saturated rings. The summed E-state index contributed by atoms with van der Waals surface area (Å²) in [5.41, 5.74) is 0. The average Bonchev–Trinajstić information content (AvgIpc) is 2.29. The number of ether oxygens (including phenoxy) is 2. The second kappa shape index (κ2) is 7.65. The van der Waals surface area contributed by atoms with Crippen molar-refractivity contribution in [3.05, 3.63) is 0 Å². The molecule has 0 amide bonds. The van der Waals surface area contributed by atoms with E-state index in [4.69, 9.17) is 4.74 Å². The Bertz CT molecular complexity index is 179. The third-order valence-corrected chi connectivity index (χ3v) is 2.63. The molecule has 4 heteroatoms. The molecule has 1 aliphatic heterocycles. The topological polar surface area (TPSA) is 47.6 Å². The quantitative estimate of drug-likeness (QED) is 0.532. The molecule has 0 aliphatic carbocycles. The molecule has 0 bridgehead atoms. The fraction of sp³-hybridized carbons (Fsp3) is 0.909. The van der Waals surface area contributed by atoms with E-state index in [1.807, 2.05) is 0 Å². The van der Waals surface area contributed by atoms with Gasteiger partial charge in [-0.2, -0.15) is 0 Å². The molecule has 0 spiro atoms. The first kappa shape index (κ1) is 12.5. The molecule has 88 valence electrons. The summed E-state index contributed by atoms with van der Waals surface area (Å²) >= 11 is 0. The van der Waals surface area contributed by atoms with Crippen LogP contribution in [0.4, 0.5) is 0 Å². The lowest BCUT2D eigenvalue weighted by atomic mass is 10.1. The van der Waals surface area contributed by atoms with E-state index in [1.165, 1.54) is 26.4 Å². The Balaban J connectivity index is 1.89. The lowest BCUT2D eigenvalue weighted by Crippen LogP contribution is -2.37. The van der Waals surface area contributed by atoms with Crippen LogP contribution < -0.4 is 5.32 Å². The number of methoxy groups -OCH3 is 1. The first-order chi connectivity index (χ1) is 7.33. The zero-order valence-corrected chi connectivity index (χ0v) is 9.46. The van der Waals surface area contributed by atoms with Crippen LogP contribution in [0.15, 0.2) is 0 Å². The Hall–Kier alpha value is -0.610. The number of esters is 1. The van der Waals surface area contributed by atoms with Crippen LogP contribution in [0.25, 0.3) is 0 Å². The maximum absolute atomic E-state index is 10.8. The summed E-state index contributed by atoms with van der Waals surface area (Å²) in [6.45, 7) is 2.52. The highest BCUT2D eigenvalue weighted by molar-refractivity contribution is 5.68. The lowest BCUT2D eigenvalue weighted by molar-refractivity contribution is -0.141. The molecule has 1 rings (SSSR count). The number of nitrogens with one attached hydrogen (secondary N) is 1. The average molecular weight is 215 g/mol. The summed E-state index contributed by atoms with van der Waals surface area (Å²) in [6.07, 6.45) is 4.98. The Morgan fingerprint density at radius 3 is 3.00 bits per heavy atom. The molecule has 1 heterocycles. The van der Waals surface area contributed by atoms with Crippen LogP contribution in [0.2, 0.25) is 0 Å². The highest BCUT2D eigenvalue weighted by Gasteiger charge is 2.11. The van der Waals surface area contributed by atoms with Crippen molar-refractivity contribution >= 4 is 5.97 Å². The van der Waals surface area contributed by atoms with E-state index in [1.54, 1.807) is 0 Å². The maximum atomic E-state index is 10.8. The van der Waals surface area contributed by atoms with Crippen LogP contribution in [0.3, 0.4) is 0 Å². The lowest BCUT2D eigenvalue weighted by Gasteiger charge is -2.23. The first-order valence-corrected chi connectivity index (χ1v) is 5.71. The Morgan fingerprint density at radius 1 is 1.47 bits per heavy atom. The first-order valence-electron chi connectivity index (χ1n) is 5.71. The summed E-state index contributed by atoms with van der Waals surface area (Å²) in [6, 6.07) is 0.511. The minimum absolute atomic E-state index is 0.158. The van der Waals surface area contributed by atoms with E-state index >= 15 is 0 Å². The van der Waals surface area contributed by atoms with Gasteiger partial charge in [0.1, 0.15) is 0 Å². The van der Waals surface area contributed by atoms with E-state index in [0.717, 1.165) is 19.6 Å². The van der Waals surface area contributed by atoms with Crippen molar-refractivity contribution in [1.82, 2.24) is 5.32 Å². The van der Waals surface area contributed by atoms with Crippen molar-refractivity contribution < 1.29 is 14.3 Å². The summed E-state index contributed by atoms with van der Waals surface area (Å²) in [7, 11) is 1.41. The van der Waals surface area contributed by atoms with Crippen molar-refractivity contribution in [3.8, 4) is 0 Å². The van der Waals surface area contributed by atoms with E-state index < -0.39 is 0 Å². The minimum atomic E-state index is -0.158. The second-order valence-electron chi connectivity index (χ2n) is 3.90. The van der Waals surface area contributed by atoms with Gasteiger partial charge in [-0.25, -0.2) is 0 Å². The van der Waals surface area contributed by atoms with Gasteiger partial charge >= 0.3 is 5.97 Å². The number of carbonyl (C=O) groups is 1. The largest absolute Gasteiger partial charge is 0.469 e. The molecule has 0 aromatic carbocycles. The molecule has 1 unspecified atom stereocenters. The summed E-state index contributed by atoms with van der Waals surface area (Å²) < 4.78 is 10.0. The highest BCUT2D eigenvalue weighted by Crippen LogP contribution is 2.07. The van der Waals surface area contributed by atoms with Crippen LogP contribution in [0, 0.1) is 0 Å². The van der Waals surface area contributed by atoms with Crippen LogP contribution in [0.1, 0.15) is 32.1 Å². The fourth-order valence-corrected chi connectivity index (χ4v) is 1.71. The maximum Gasteiger partial charge on any atom is 0.305 e. The van der Waals surface area contributed by atoms with Crippen LogP contribution >= 0.6 is 0 Å². The van der Waals surface area contributed by atoms with Crippen molar-refractivity contribution in [2.45, 2.75) is 38.1 Å². The van der Waals surface area contributed by atoms with Gasteiger partial charge < -0.3 is 14.8 Å². The molecule has 1 saturated heterocycles. The number of rotatable bonds is 6. The van der Waals surface area contributed by atoms with E-state index in [-0.39, 0.29) is 5.97 Å². The minimum Gasteiger partial charge on any atom is -0.469 e. The molecule has 4 nitrogen and oxygen atoms in total. The van der Waals surface area contributed by atoms with E-state index in [9.17, 15) is 4.79 Å². The third-order valence-electron chi connectivity index (χ3n) is 2.63. The van der Waals surface area contributed by atoms with Crippen molar-refractivity contribution in [3.63, 3.8) is 0 Å². The van der Waals surface area contributed by atoms with Gasteiger partial charge in [0.15, 0.2) is 0 Å². The zero-order valence-electron chi connectivity index (χ0n) is 9.46. The summed E-state index contributed by atoms with van der Waals surface area (Å²) in [5, 5.41) is 3.41. The molecule has 1 atom stereocenters. The van der Waals surface area contributed by atoms with Crippen LogP contribution in [0.5, 0.6) is 0 Å². The Kier molecular flexibility index (Phi) is 6.36. The van der Waals surface area contributed by atoms with Gasteiger partial charge in [0.2, 0.25) is 0 Å². The van der Waals surface area contributed by atoms with E-state index in [0.29, 0.717) is 19.1 Å². The van der Waals surface area contributed by atoms with Gasteiger partial charge in [0.25, 0.3) is 0 Å². The standard InChI is InChI=1S/C11H21NO3/c1-14-11(13)6-4-8-15-9-10-5-2-3-7-12-10/h10,12H,2-9H2,1H3. The van der Waals surface area contributed by atoms with Gasteiger partial charge in [-0.3, -0.25) is 4.79 Å². The molecular formula is C11H21NO3. The normalized spacial score (nSPS) is 21.3. The van der Waals surface area contributed by atoms with Crippen molar-refractivity contribution in [1.29, 1.82) is 0 Å². The Labute approximate surface area is 91.3 Å². The molecular weight excluding hydrogens is 194 g/mol. The summed E-state index contributed by atoms with van der Waals surface area (Å²) in [4.78, 5) is 10.8. The SMILES string of the molecule is COC(=O)CCCOCC1CCCCN1.